The fourth-order valence-electron chi connectivity index (χ4n) is 1.94. The Morgan fingerprint density at radius 1 is 1.00 bits per heavy atom. The first kappa shape index (κ1) is 13.3. The third kappa shape index (κ3) is 4.25. The minimum atomic E-state index is -0.190. The third-order valence-corrected chi connectivity index (χ3v) is 3.04. The van der Waals surface area contributed by atoms with Gasteiger partial charge in [0, 0.05) is 6.42 Å². The number of esters is 1. The van der Waals surface area contributed by atoms with Crippen LogP contribution < -0.4 is 0 Å². The lowest BCUT2D eigenvalue weighted by Crippen LogP contribution is -2.09. The Bertz CT molecular complexity index is 505. The van der Waals surface area contributed by atoms with Crippen molar-refractivity contribution in [2.45, 2.75) is 25.9 Å². The molecule has 2 aromatic rings. The van der Waals surface area contributed by atoms with Gasteiger partial charge in [0.1, 0.15) is 6.10 Å². The van der Waals surface area contributed by atoms with E-state index < -0.39 is 0 Å². The summed E-state index contributed by atoms with van der Waals surface area (Å²) < 4.78 is 5.42. The van der Waals surface area contributed by atoms with Crippen molar-refractivity contribution in [2.24, 2.45) is 0 Å². The summed E-state index contributed by atoms with van der Waals surface area (Å²) in [5, 5.41) is 0. The van der Waals surface area contributed by atoms with Crippen molar-refractivity contribution in [3.63, 3.8) is 0 Å². The highest BCUT2D eigenvalue weighted by molar-refractivity contribution is 5.70. The van der Waals surface area contributed by atoms with Gasteiger partial charge in [-0.15, -0.1) is 0 Å². The molecule has 0 amide bonds. The second-order valence-electron chi connectivity index (χ2n) is 4.53. The maximum Gasteiger partial charge on any atom is 0.306 e. The molecule has 0 aromatic heterocycles. The Hall–Kier alpha value is -2.09. The Morgan fingerprint density at radius 2 is 1.58 bits per heavy atom. The molecule has 0 unspecified atom stereocenters. The van der Waals surface area contributed by atoms with Gasteiger partial charge in [0.2, 0.25) is 0 Å². The van der Waals surface area contributed by atoms with Gasteiger partial charge in [0.25, 0.3) is 0 Å². The van der Waals surface area contributed by atoms with E-state index in [1.807, 2.05) is 67.6 Å². The van der Waals surface area contributed by atoms with Crippen LogP contribution in [0.5, 0.6) is 0 Å². The highest BCUT2D eigenvalue weighted by Gasteiger charge is 2.11. The van der Waals surface area contributed by atoms with Crippen LogP contribution in [-0.2, 0) is 16.0 Å². The standard InChI is InChI=1S/C17H18O2/c1-14(16-10-6-3-7-11-16)19-17(18)13-12-15-8-4-2-5-9-15/h2-11,14H,12-13H2,1H3/t14-/m0/s1. The maximum atomic E-state index is 11.8. The molecule has 0 radical (unpaired) electrons. The van der Waals surface area contributed by atoms with Crippen molar-refractivity contribution in [2.75, 3.05) is 0 Å². The molecule has 2 aromatic carbocycles. The van der Waals surface area contributed by atoms with E-state index in [4.69, 9.17) is 4.74 Å². The number of rotatable bonds is 5. The molecule has 2 nitrogen and oxygen atoms in total. The third-order valence-electron chi connectivity index (χ3n) is 3.04. The SMILES string of the molecule is C[C@H](OC(=O)CCc1ccccc1)c1ccccc1. The van der Waals surface area contributed by atoms with E-state index in [2.05, 4.69) is 0 Å². The van der Waals surface area contributed by atoms with Crippen LogP contribution in [0, 0.1) is 0 Å². The van der Waals surface area contributed by atoms with Gasteiger partial charge in [-0.25, -0.2) is 0 Å². The molecular formula is C17H18O2. The number of carbonyl (C=O) groups is 1. The fourth-order valence-corrected chi connectivity index (χ4v) is 1.94. The van der Waals surface area contributed by atoms with Crippen LogP contribution in [0.4, 0.5) is 0 Å². The number of carbonyl (C=O) groups excluding carboxylic acids is 1. The topological polar surface area (TPSA) is 26.3 Å². The van der Waals surface area contributed by atoms with Gasteiger partial charge in [0.15, 0.2) is 0 Å². The molecule has 98 valence electrons. The smallest absolute Gasteiger partial charge is 0.306 e. The van der Waals surface area contributed by atoms with E-state index in [-0.39, 0.29) is 12.1 Å². The van der Waals surface area contributed by atoms with Gasteiger partial charge in [-0.2, -0.15) is 0 Å². The molecule has 0 aliphatic carbocycles. The quantitative estimate of drug-likeness (QED) is 0.756. The van der Waals surface area contributed by atoms with E-state index >= 15 is 0 Å². The minimum absolute atomic E-state index is 0.153. The first-order chi connectivity index (χ1) is 9.25. The molecule has 0 aliphatic rings. The zero-order valence-corrected chi connectivity index (χ0v) is 11.1. The van der Waals surface area contributed by atoms with Crippen molar-refractivity contribution in [1.29, 1.82) is 0 Å². The van der Waals surface area contributed by atoms with Crippen molar-refractivity contribution in [3.05, 3.63) is 71.8 Å². The number of hydrogen-bond acceptors (Lipinski definition) is 2. The van der Waals surface area contributed by atoms with Gasteiger partial charge < -0.3 is 4.74 Å². The van der Waals surface area contributed by atoms with Crippen LogP contribution >= 0.6 is 0 Å². The molecule has 2 rings (SSSR count). The molecular weight excluding hydrogens is 236 g/mol. The Kier molecular flexibility index (Phi) is 4.73. The second kappa shape index (κ2) is 6.74. The van der Waals surface area contributed by atoms with E-state index in [0.717, 1.165) is 17.5 Å². The lowest BCUT2D eigenvalue weighted by Gasteiger charge is -2.13. The number of benzene rings is 2. The molecule has 0 saturated carbocycles. The van der Waals surface area contributed by atoms with E-state index in [0.29, 0.717) is 6.42 Å². The van der Waals surface area contributed by atoms with Crippen molar-refractivity contribution >= 4 is 5.97 Å². The van der Waals surface area contributed by atoms with Gasteiger partial charge in [-0.05, 0) is 24.5 Å². The maximum absolute atomic E-state index is 11.8. The average molecular weight is 254 g/mol. The molecule has 0 bridgehead atoms. The summed E-state index contributed by atoms with van der Waals surface area (Å²) in [5.74, 6) is -0.153. The van der Waals surface area contributed by atoms with Gasteiger partial charge in [-0.1, -0.05) is 60.7 Å². The summed E-state index contributed by atoms with van der Waals surface area (Å²) in [4.78, 5) is 11.8. The van der Waals surface area contributed by atoms with Crippen molar-refractivity contribution in [3.8, 4) is 0 Å². The van der Waals surface area contributed by atoms with Crippen molar-refractivity contribution in [1.82, 2.24) is 0 Å². The van der Waals surface area contributed by atoms with Crippen LogP contribution in [0.1, 0.15) is 30.6 Å². The largest absolute Gasteiger partial charge is 0.458 e. The van der Waals surface area contributed by atoms with E-state index in [9.17, 15) is 4.79 Å². The highest BCUT2D eigenvalue weighted by atomic mass is 16.5. The number of ether oxygens (including phenoxy) is 1. The predicted octanol–water partition coefficient (Wildman–Crippen LogP) is 3.92. The van der Waals surface area contributed by atoms with Gasteiger partial charge in [-0.3, -0.25) is 4.79 Å². The molecule has 0 saturated heterocycles. The summed E-state index contributed by atoms with van der Waals surface area (Å²) in [7, 11) is 0. The molecule has 0 heterocycles. The molecule has 0 spiro atoms. The minimum Gasteiger partial charge on any atom is -0.458 e. The highest BCUT2D eigenvalue weighted by Crippen LogP contribution is 2.17. The monoisotopic (exact) mass is 254 g/mol. The molecule has 2 heteroatoms. The second-order valence-corrected chi connectivity index (χ2v) is 4.53. The Balaban J connectivity index is 1.82. The van der Waals surface area contributed by atoms with E-state index in [1.165, 1.54) is 0 Å². The number of hydrogen-bond donors (Lipinski definition) is 0. The zero-order chi connectivity index (χ0) is 13.5. The van der Waals surface area contributed by atoms with Crippen LogP contribution in [0.25, 0.3) is 0 Å². The summed E-state index contributed by atoms with van der Waals surface area (Å²) in [5.41, 5.74) is 2.18. The van der Waals surface area contributed by atoms with E-state index in [1.54, 1.807) is 0 Å². The lowest BCUT2D eigenvalue weighted by molar-refractivity contribution is -0.148. The van der Waals surface area contributed by atoms with Crippen molar-refractivity contribution < 1.29 is 9.53 Å². The average Bonchev–Trinajstić information content (AvgIpc) is 2.47. The molecule has 0 N–H and O–H groups in total. The first-order valence-corrected chi connectivity index (χ1v) is 6.54. The summed E-state index contributed by atoms with van der Waals surface area (Å²) in [6, 6.07) is 19.8. The molecule has 19 heavy (non-hydrogen) atoms. The zero-order valence-electron chi connectivity index (χ0n) is 11.1. The predicted molar refractivity (Wildman–Crippen MR) is 75.7 cm³/mol. The normalized spacial score (nSPS) is 11.8. The number of aryl methyl sites for hydroxylation is 1. The van der Waals surface area contributed by atoms with Crippen LogP contribution in [0.3, 0.4) is 0 Å². The Labute approximate surface area is 114 Å². The summed E-state index contributed by atoms with van der Waals surface area (Å²) in [6.07, 6.45) is 0.951. The van der Waals surface area contributed by atoms with Crippen LogP contribution in [0.15, 0.2) is 60.7 Å². The fraction of sp³-hybridized carbons (Fsp3) is 0.235. The van der Waals surface area contributed by atoms with Crippen LogP contribution in [-0.4, -0.2) is 5.97 Å². The molecule has 1 atom stereocenters. The Morgan fingerprint density at radius 3 is 2.21 bits per heavy atom. The molecule has 0 aliphatic heterocycles. The summed E-state index contributed by atoms with van der Waals surface area (Å²) in [6.45, 7) is 1.90. The van der Waals surface area contributed by atoms with Gasteiger partial charge >= 0.3 is 5.97 Å². The lowest BCUT2D eigenvalue weighted by atomic mass is 10.1. The summed E-state index contributed by atoms with van der Waals surface area (Å²) >= 11 is 0. The molecule has 0 fully saturated rings. The van der Waals surface area contributed by atoms with Crippen LogP contribution in [0.2, 0.25) is 0 Å². The van der Waals surface area contributed by atoms with Gasteiger partial charge in [0.05, 0.1) is 0 Å². The first-order valence-electron chi connectivity index (χ1n) is 6.54.